The minimum absolute atomic E-state index is 0.177. The minimum atomic E-state index is -1.87. The van der Waals surface area contributed by atoms with Gasteiger partial charge in [-0.05, 0) is 69.7 Å². The van der Waals surface area contributed by atoms with E-state index in [1.165, 1.54) is 11.8 Å². The van der Waals surface area contributed by atoms with Crippen molar-refractivity contribution in [2.24, 2.45) is 0 Å². The van der Waals surface area contributed by atoms with Crippen molar-refractivity contribution in [2.75, 3.05) is 4.90 Å². The first-order chi connectivity index (χ1) is 17.4. The summed E-state index contributed by atoms with van der Waals surface area (Å²) in [5, 5.41) is 2.60. The quantitative estimate of drug-likeness (QED) is 0.351. The summed E-state index contributed by atoms with van der Waals surface area (Å²) in [5.41, 5.74) is -0.983. The number of halogens is 2. The summed E-state index contributed by atoms with van der Waals surface area (Å²) in [6.07, 6.45) is -0.990. The molecule has 3 aromatic rings. The van der Waals surface area contributed by atoms with Gasteiger partial charge in [0.15, 0.2) is 0 Å². The number of carbonyl (C=O) groups excluding carboxylic acids is 2. The molecule has 3 aromatic carbocycles. The average Bonchev–Trinajstić information content (AvgIpc) is 2.88. The molecule has 0 spiro atoms. The fourth-order valence-corrected chi connectivity index (χ4v) is 4.60. The van der Waals surface area contributed by atoms with Gasteiger partial charge in [-0.3, -0.25) is 4.79 Å². The van der Waals surface area contributed by atoms with Crippen molar-refractivity contribution in [1.29, 1.82) is 0 Å². The molecule has 1 heterocycles. The predicted molar refractivity (Wildman–Crippen MR) is 145 cm³/mol. The molecule has 2 atom stereocenters. The van der Waals surface area contributed by atoms with Crippen LogP contribution < -0.4 is 15.0 Å². The van der Waals surface area contributed by atoms with Crippen LogP contribution >= 0.6 is 15.9 Å². The lowest BCUT2D eigenvalue weighted by Crippen LogP contribution is -2.50. The Hall–Kier alpha value is -3.39. The molecule has 4 rings (SSSR count). The highest BCUT2D eigenvalue weighted by Gasteiger charge is 2.43. The molecule has 37 heavy (non-hydrogen) atoms. The Labute approximate surface area is 224 Å². The van der Waals surface area contributed by atoms with Crippen LogP contribution in [0.3, 0.4) is 0 Å². The molecular weight excluding hydrogens is 539 g/mol. The number of benzene rings is 3. The highest BCUT2D eigenvalue weighted by atomic mass is 79.9. The minimum Gasteiger partial charge on any atom is -0.457 e. The second-order valence-electron chi connectivity index (χ2n) is 10.2. The Morgan fingerprint density at radius 1 is 1.08 bits per heavy atom. The molecule has 0 aliphatic carbocycles. The molecule has 0 bridgehead atoms. The predicted octanol–water partition coefficient (Wildman–Crippen LogP) is 7.26. The van der Waals surface area contributed by atoms with Gasteiger partial charge in [-0.25, -0.2) is 9.18 Å². The van der Waals surface area contributed by atoms with E-state index in [0.717, 1.165) is 11.3 Å². The number of fused-ring (bicyclic) bond motifs is 1. The maximum atomic E-state index is 16.0. The highest BCUT2D eigenvalue weighted by Crippen LogP contribution is 2.42. The van der Waals surface area contributed by atoms with E-state index >= 15 is 4.39 Å². The Balaban J connectivity index is 1.63. The molecule has 8 heteroatoms. The zero-order valence-electron chi connectivity index (χ0n) is 21.3. The van der Waals surface area contributed by atoms with Crippen LogP contribution in [0.4, 0.5) is 14.9 Å². The van der Waals surface area contributed by atoms with E-state index < -0.39 is 29.3 Å². The smallest absolute Gasteiger partial charge is 0.408 e. The first kappa shape index (κ1) is 26.7. The van der Waals surface area contributed by atoms with Crippen molar-refractivity contribution in [1.82, 2.24) is 5.32 Å². The zero-order valence-corrected chi connectivity index (χ0v) is 22.8. The van der Waals surface area contributed by atoms with Gasteiger partial charge in [0.25, 0.3) is 0 Å². The lowest BCUT2D eigenvalue weighted by Gasteiger charge is -2.27. The van der Waals surface area contributed by atoms with Gasteiger partial charge in [-0.2, -0.15) is 0 Å². The van der Waals surface area contributed by atoms with Crippen LogP contribution in [-0.4, -0.2) is 23.6 Å². The van der Waals surface area contributed by atoms with E-state index in [1.54, 1.807) is 39.0 Å². The van der Waals surface area contributed by atoms with E-state index in [2.05, 4.69) is 21.2 Å². The molecule has 1 aliphatic rings. The number of amides is 2. The first-order valence-corrected chi connectivity index (χ1v) is 12.8. The fraction of sp³-hybridized carbons (Fsp3) is 0.310. The number of carbonyl (C=O) groups is 2. The second kappa shape index (κ2) is 10.5. The van der Waals surface area contributed by atoms with Crippen LogP contribution in [0, 0.1) is 0 Å². The number of nitrogens with zero attached hydrogens (tertiary/aromatic N) is 1. The van der Waals surface area contributed by atoms with E-state index in [0.29, 0.717) is 21.5 Å². The molecule has 0 radical (unpaired) electrons. The normalized spacial score (nSPS) is 19.6. The third kappa shape index (κ3) is 6.68. The van der Waals surface area contributed by atoms with Crippen molar-refractivity contribution in [3.63, 3.8) is 0 Å². The van der Waals surface area contributed by atoms with Gasteiger partial charge >= 0.3 is 6.09 Å². The lowest BCUT2D eigenvalue weighted by molar-refractivity contribution is -0.121. The van der Waals surface area contributed by atoms with Crippen LogP contribution in [0.15, 0.2) is 77.3 Å². The van der Waals surface area contributed by atoms with Crippen molar-refractivity contribution in [2.45, 2.75) is 58.0 Å². The molecule has 1 aliphatic heterocycles. The van der Waals surface area contributed by atoms with Crippen LogP contribution in [0.1, 0.15) is 45.2 Å². The summed E-state index contributed by atoms with van der Waals surface area (Å²) in [7, 11) is 0. The van der Waals surface area contributed by atoms with Gasteiger partial charge in [0.2, 0.25) is 5.91 Å². The Bertz CT molecular complexity index is 1270. The molecule has 0 aromatic heterocycles. The number of para-hydroxylation sites is 1. The number of ether oxygens (including phenoxy) is 2. The van der Waals surface area contributed by atoms with E-state index in [-0.39, 0.29) is 13.0 Å². The monoisotopic (exact) mass is 568 g/mol. The number of alkyl halides is 1. The van der Waals surface area contributed by atoms with Crippen molar-refractivity contribution in [3.05, 3.63) is 88.4 Å². The number of hydrogen-bond acceptors (Lipinski definition) is 4. The summed E-state index contributed by atoms with van der Waals surface area (Å²) in [5.74, 6) is 0.951. The van der Waals surface area contributed by atoms with E-state index in [1.807, 2.05) is 54.6 Å². The third-order valence-electron chi connectivity index (χ3n) is 5.90. The highest BCUT2D eigenvalue weighted by molar-refractivity contribution is 9.10. The Kier molecular flexibility index (Phi) is 7.59. The number of anilines is 1. The average molecular weight is 569 g/mol. The Morgan fingerprint density at radius 2 is 1.73 bits per heavy atom. The molecule has 1 N–H and O–H groups in total. The van der Waals surface area contributed by atoms with Gasteiger partial charge in [-0.1, -0.05) is 52.3 Å². The molecule has 0 saturated heterocycles. The van der Waals surface area contributed by atoms with Gasteiger partial charge in [0.05, 0.1) is 12.2 Å². The Morgan fingerprint density at radius 3 is 2.38 bits per heavy atom. The first-order valence-electron chi connectivity index (χ1n) is 12.0. The molecule has 2 unspecified atom stereocenters. The van der Waals surface area contributed by atoms with Crippen molar-refractivity contribution >= 4 is 33.6 Å². The summed E-state index contributed by atoms with van der Waals surface area (Å²) in [6.45, 7) is 6.79. The SMILES string of the molecule is CC(C)(C)OC(=O)NC1CC(C)(F)c2ccc(Br)cc2N(Cc2ccc(Oc3ccccc3)cc2)C1=O. The van der Waals surface area contributed by atoms with Crippen LogP contribution in [0.25, 0.3) is 0 Å². The number of hydrogen-bond donors (Lipinski definition) is 1. The largest absolute Gasteiger partial charge is 0.457 e. The molecule has 2 amide bonds. The van der Waals surface area contributed by atoms with Crippen LogP contribution in [0.5, 0.6) is 11.5 Å². The second-order valence-corrected chi connectivity index (χ2v) is 11.2. The van der Waals surface area contributed by atoms with Crippen LogP contribution in [-0.2, 0) is 21.7 Å². The summed E-state index contributed by atoms with van der Waals surface area (Å²) in [4.78, 5) is 27.8. The van der Waals surface area contributed by atoms with Gasteiger partial charge in [-0.15, -0.1) is 0 Å². The number of nitrogens with one attached hydrogen (secondary N) is 1. The summed E-state index contributed by atoms with van der Waals surface area (Å²) >= 11 is 3.45. The summed E-state index contributed by atoms with van der Waals surface area (Å²) < 4.78 is 28.0. The van der Waals surface area contributed by atoms with Crippen molar-refractivity contribution < 1.29 is 23.5 Å². The zero-order chi connectivity index (χ0) is 26.8. The van der Waals surface area contributed by atoms with Gasteiger partial charge < -0.3 is 19.7 Å². The topological polar surface area (TPSA) is 67.9 Å². The molecule has 0 fully saturated rings. The third-order valence-corrected chi connectivity index (χ3v) is 6.39. The molecule has 0 saturated carbocycles. The molecule has 6 nitrogen and oxygen atoms in total. The van der Waals surface area contributed by atoms with Gasteiger partial charge in [0, 0.05) is 16.5 Å². The van der Waals surface area contributed by atoms with Crippen molar-refractivity contribution in [3.8, 4) is 11.5 Å². The molecular formula is C29H30BrFN2O4. The van der Waals surface area contributed by atoms with E-state index in [9.17, 15) is 9.59 Å². The lowest BCUT2D eigenvalue weighted by atomic mass is 9.91. The standard InChI is InChI=1S/C29H30BrFN2O4/c1-28(2,3)37-27(35)32-24-17-29(4,31)23-15-12-20(30)16-25(23)33(26(24)34)18-19-10-13-22(14-11-19)36-21-8-6-5-7-9-21/h5-16,24H,17-18H2,1-4H3,(H,32,35). The van der Waals surface area contributed by atoms with Crippen LogP contribution in [0.2, 0.25) is 0 Å². The summed E-state index contributed by atoms with van der Waals surface area (Å²) in [6, 6.07) is 20.8. The van der Waals surface area contributed by atoms with Gasteiger partial charge in [0.1, 0.15) is 28.8 Å². The maximum absolute atomic E-state index is 16.0. The maximum Gasteiger partial charge on any atom is 0.408 e. The molecule has 194 valence electrons. The number of alkyl carbamates (subject to hydrolysis) is 1. The fourth-order valence-electron chi connectivity index (χ4n) is 4.25. The van der Waals surface area contributed by atoms with E-state index in [4.69, 9.17) is 9.47 Å². The number of rotatable bonds is 5.